The number of esters is 1. The molecule has 0 amide bonds. The molecule has 0 radical (unpaired) electrons. The SMILES string of the molecule is CCOC(=O)/C=C/CNCCN(C)C(C)CC. The van der Waals surface area contributed by atoms with E-state index in [1.54, 1.807) is 13.0 Å². The van der Waals surface area contributed by atoms with Crippen LogP contribution in [0.15, 0.2) is 12.2 Å². The molecule has 1 atom stereocenters. The highest BCUT2D eigenvalue weighted by Crippen LogP contribution is 1.97. The molecule has 4 heteroatoms. The number of rotatable bonds is 9. The van der Waals surface area contributed by atoms with Crippen molar-refractivity contribution in [2.24, 2.45) is 0 Å². The normalized spacial score (nSPS) is 13.2. The van der Waals surface area contributed by atoms with Crippen molar-refractivity contribution < 1.29 is 9.53 Å². The summed E-state index contributed by atoms with van der Waals surface area (Å²) in [6.07, 6.45) is 4.43. The van der Waals surface area contributed by atoms with Crippen molar-refractivity contribution in [3.05, 3.63) is 12.2 Å². The molecule has 1 N–H and O–H groups in total. The van der Waals surface area contributed by atoms with Crippen LogP contribution in [0.2, 0.25) is 0 Å². The van der Waals surface area contributed by atoms with Gasteiger partial charge < -0.3 is 15.0 Å². The molecular formula is C13H26N2O2. The zero-order valence-corrected chi connectivity index (χ0v) is 11.5. The number of carbonyl (C=O) groups excluding carboxylic acids is 1. The van der Waals surface area contributed by atoms with Gasteiger partial charge in [-0.25, -0.2) is 4.79 Å². The highest BCUT2D eigenvalue weighted by Gasteiger charge is 2.04. The van der Waals surface area contributed by atoms with Crippen LogP contribution >= 0.6 is 0 Å². The van der Waals surface area contributed by atoms with Crippen LogP contribution in [0.3, 0.4) is 0 Å². The second kappa shape index (κ2) is 10.3. The first-order valence-electron chi connectivity index (χ1n) is 6.36. The zero-order chi connectivity index (χ0) is 13.1. The Bertz CT molecular complexity index is 229. The highest BCUT2D eigenvalue weighted by molar-refractivity contribution is 5.81. The fourth-order valence-electron chi connectivity index (χ4n) is 1.32. The average Bonchev–Trinajstić information content (AvgIpc) is 2.32. The van der Waals surface area contributed by atoms with Gasteiger partial charge in [-0.05, 0) is 27.3 Å². The summed E-state index contributed by atoms with van der Waals surface area (Å²) >= 11 is 0. The third-order valence-electron chi connectivity index (χ3n) is 2.79. The molecule has 0 fully saturated rings. The Morgan fingerprint density at radius 1 is 1.47 bits per heavy atom. The number of carbonyl (C=O) groups is 1. The van der Waals surface area contributed by atoms with Crippen molar-refractivity contribution in [1.82, 2.24) is 10.2 Å². The topological polar surface area (TPSA) is 41.6 Å². The monoisotopic (exact) mass is 242 g/mol. The van der Waals surface area contributed by atoms with Gasteiger partial charge in [-0.2, -0.15) is 0 Å². The van der Waals surface area contributed by atoms with Crippen molar-refractivity contribution >= 4 is 5.97 Å². The predicted octanol–water partition coefficient (Wildman–Crippen LogP) is 1.43. The van der Waals surface area contributed by atoms with E-state index in [2.05, 4.69) is 31.1 Å². The van der Waals surface area contributed by atoms with Crippen LogP contribution in [0, 0.1) is 0 Å². The molecule has 0 spiro atoms. The van der Waals surface area contributed by atoms with E-state index in [1.165, 1.54) is 12.5 Å². The molecular weight excluding hydrogens is 216 g/mol. The lowest BCUT2D eigenvalue weighted by Crippen LogP contribution is -2.35. The van der Waals surface area contributed by atoms with E-state index in [4.69, 9.17) is 4.74 Å². The minimum atomic E-state index is -0.272. The van der Waals surface area contributed by atoms with E-state index < -0.39 is 0 Å². The Labute approximate surface area is 105 Å². The minimum absolute atomic E-state index is 0.272. The van der Waals surface area contributed by atoms with E-state index in [-0.39, 0.29) is 5.97 Å². The van der Waals surface area contributed by atoms with Gasteiger partial charge in [0.15, 0.2) is 0 Å². The predicted molar refractivity (Wildman–Crippen MR) is 71.0 cm³/mol. The van der Waals surface area contributed by atoms with E-state index >= 15 is 0 Å². The Morgan fingerprint density at radius 2 is 2.18 bits per heavy atom. The van der Waals surface area contributed by atoms with Crippen LogP contribution in [-0.2, 0) is 9.53 Å². The van der Waals surface area contributed by atoms with E-state index in [1.807, 2.05) is 0 Å². The van der Waals surface area contributed by atoms with Gasteiger partial charge in [-0.15, -0.1) is 0 Å². The Hall–Kier alpha value is -0.870. The standard InChI is InChI=1S/C13H26N2O2/c1-5-12(3)15(4)11-10-14-9-7-8-13(16)17-6-2/h7-8,12,14H,5-6,9-11H2,1-4H3/b8-7+. The van der Waals surface area contributed by atoms with Gasteiger partial charge in [0.25, 0.3) is 0 Å². The largest absolute Gasteiger partial charge is 0.463 e. The molecule has 100 valence electrons. The summed E-state index contributed by atoms with van der Waals surface area (Å²) in [6, 6.07) is 0.617. The van der Waals surface area contributed by atoms with Gasteiger partial charge in [0, 0.05) is 31.8 Å². The first-order chi connectivity index (χ1) is 8.11. The first kappa shape index (κ1) is 16.1. The maximum absolute atomic E-state index is 11.0. The molecule has 0 saturated heterocycles. The number of nitrogens with one attached hydrogen (secondary N) is 1. The molecule has 0 rings (SSSR count). The summed E-state index contributed by atoms with van der Waals surface area (Å²) in [5.41, 5.74) is 0. The molecule has 1 unspecified atom stereocenters. The Balaban J connectivity index is 3.49. The smallest absolute Gasteiger partial charge is 0.330 e. The third kappa shape index (κ3) is 8.89. The van der Waals surface area contributed by atoms with Crippen LogP contribution < -0.4 is 5.32 Å². The van der Waals surface area contributed by atoms with Gasteiger partial charge in [0.05, 0.1) is 6.61 Å². The van der Waals surface area contributed by atoms with Crippen molar-refractivity contribution in [1.29, 1.82) is 0 Å². The maximum Gasteiger partial charge on any atom is 0.330 e. The molecule has 4 nitrogen and oxygen atoms in total. The molecule has 0 aliphatic rings. The van der Waals surface area contributed by atoms with E-state index in [0.717, 1.165) is 13.1 Å². The summed E-state index contributed by atoms with van der Waals surface area (Å²) in [5.74, 6) is -0.272. The Kier molecular flexibility index (Phi) is 9.77. The molecule has 0 saturated carbocycles. The molecule has 0 heterocycles. The summed E-state index contributed by atoms with van der Waals surface area (Å²) in [6.45, 7) is 9.28. The minimum Gasteiger partial charge on any atom is -0.463 e. The molecule has 17 heavy (non-hydrogen) atoms. The second-order valence-corrected chi connectivity index (χ2v) is 4.10. The summed E-state index contributed by atoms with van der Waals surface area (Å²) in [5, 5.41) is 3.26. The van der Waals surface area contributed by atoms with Crippen molar-refractivity contribution in [3.8, 4) is 0 Å². The Morgan fingerprint density at radius 3 is 2.76 bits per heavy atom. The number of nitrogens with zero attached hydrogens (tertiary/aromatic N) is 1. The molecule has 0 aliphatic heterocycles. The average molecular weight is 242 g/mol. The second-order valence-electron chi connectivity index (χ2n) is 4.10. The van der Waals surface area contributed by atoms with E-state index in [0.29, 0.717) is 19.2 Å². The van der Waals surface area contributed by atoms with Crippen LogP contribution in [-0.4, -0.2) is 50.2 Å². The quantitative estimate of drug-likeness (QED) is 0.377. The third-order valence-corrected chi connectivity index (χ3v) is 2.79. The first-order valence-corrected chi connectivity index (χ1v) is 6.36. The summed E-state index contributed by atoms with van der Waals surface area (Å²) < 4.78 is 4.77. The molecule has 0 bridgehead atoms. The molecule has 0 aliphatic carbocycles. The van der Waals surface area contributed by atoms with Crippen molar-refractivity contribution in [2.45, 2.75) is 33.2 Å². The zero-order valence-electron chi connectivity index (χ0n) is 11.5. The summed E-state index contributed by atoms with van der Waals surface area (Å²) in [4.78, 5) is 13.3. The van der Waals surface area contributed by atoms with Crippen molar-refractivity contribution in [3.63, 3.8) is 0 Å². The lowest BCUT2D eigenvalue weighted by molar-refractivity contribution is -0.137. The van der Waals surface area contributed by atoms with E-state index in [9.17, 15) is 4.79 Å². The number of likely N-dealkylation sites (N-methyl/N-ethyl adjacent to an activating group) is 1. The summed E-state index contributed by atoms with van der Waals surface area (Å²) in [7, 11) is 2.13. The van der Waals surface area contributed by atoms with Crippen LogP contribution in [0.4, 0.5) is 0 Å². The number of hydrogen-bond donors (Lipinski definition) is 1. The fraction of sp³-hybridized carbons (Fsp3) is 0.769. The molecule has 0 aromatic heterocycles. The van der Waals surface area contributed by atoms with Gasteiger partial charge in [-0.1, -0.05) is 13.0 Å². The van der Waals surface area contributed by atoms with Crippen LogP contribution in [0.25, 0.3) is 0 Å². The van der Waals surface area contributed by atoms with Gasteiger partial charge in [0.2, 0.25) is 0 Å². The number of hydrogen-bond acceptors (Lipinski definition) is 4. The molecule has 0 aromatic carbocycles. The van der Waals surface area contributed by atoms with Crippen molar-refractivity contribution in [2.75, 3.05) is 33.3 Å². The van der Waals surface area contributed by atoms with Gasteiger partial charge >= 0.3 is 5.97 Å². The number of ether oxygens (including phenoxy) is 1. The van der Waals surface area contributed by atoms with Gasteiger partial charge in [0.1, 0.15) is 0 Å². The van der Waals surface area contributed by atoms with Gasteiger partial charge in [-0.3, -0.25) is 0 Å². The highest BCUT2D eigenvalue weighted by atomic mass is 16.5. The van der Waals surface area contributed by atoms with Crippen LogP contribution in [0.1, 0.15) is 27.2 Å². The maximum atomic E-state index is 11.0. The lowest BCUT2D eigenvalue weighted by atomic mass is 10.2. The molecule has 0 aromatic rings. The fourth-order valence-corrected chi connectivity index (χ4v) is 1.32. The lowest BCUT2D eigenvalue weighted by Gasteiger charge is -2.23. The van der Waals surface area contributed by atoms with Crippen LogP contribution in [0.5, 0.6) is 0 Å².